The van der Waals surface area contributed by atoms with Crippen LogP contribution in [0.15, 0.2) is 83.8 Å². The fourth-order valence-corrected chi connectivity index (χ4v) is 5.97. The Morgan fingerprint density at radius 1 is 0.875 bits per heavy atom. The Balaban J connectivity index is 1.98. The monoisotopic (exact) mass is 678 g/mol. The van der Waals surface area contributed by atoms with Crippen LogP contribution < -0.4 is 4.90 Å². The van der Waals surface area contributed by atoms with E-state index < -0.39 is 51.3 Å². The number of aliphatic hydroxyl groups is 1. The van der Waals surface area contributed by atoms with E-state index in [0.29, 0.717) is 33.6 Å². The maximum atomic E-state index is 14.6. The molecule has 9 nitrogen and oxygen atoms in total. The van der Waals surface area contributed by atoms with Crippen molar-refractivity contribution in [1.29, 1.82) is 0 Å². The number of nitrogens with zero attached hydrogens (tertiary/aromatic N) is 2. The van der Waals surface area contributed by atoms with E-state index in [4.69, 9.17) is 0 Å². The zero-order valence-electron chi connectivity index (χ0n) is 27.1. The van der Waals surface area contributed by atoms with Gasteiger partial charge in [0.25, 0.3) is 5.91 Å². The summed E-state index contributed by atoms with van der Waals surface area (Å²) < 4.78 is 58.7. The standard InChI is InChI=1S/C36H36F2N2O7S/c1-22(2)40-31(19-16-28(41)20-29(42)21-32(43)47-4)33(23-6-10-25(37)11-7-23)34(24-8-12-26(38)13-9-24)35(40)36(44)39(3)27-14-17-30(18-15-27)48(5,45)46/h6-19,22,29,42H,20-21H2,1-5H3/t29-/m1/s1. The first kappa shape index (κ1) is 35.9. The molecule has 0 saturated heterocycles. The summed E-state index contributed by atoms with van der Waals surface area (Å²) in [5.41, 5.74) is 2.77. The lowest BCUT2D eigenvalue weighted by atomic mass is 9.94. The van der Waals surface area contributed by atoms with Gasteiger partial charge in [0, 0.05) is 42.6 Å². The molecular weight excluding hydrogens is 642 g/mol. The molecule has 0 unspecified atom stereocenters. The minimum Gasteiger partial charge on any atom is -0.469 e. The Labute approximate surface area is 278 Å². The van der Waals surface area contributed by atoms with E-state index in [1.54, 1.807) is 4.57 Å². The number of carbonyl (C=O) groups is 3. The molecule has 1 heterocycles. The number of rotatable bonds is 12. The smallest absolute Gasteiger partial charge is 0.308 e. The Bertz CT molecular complexity index is 1950. The molecule has 48 heavy (non-hydrogen) atoms. The average molecular weight is 679 g/mol. The predicted octanol–water partition coefficient (Wildman–Crippen LogP) is 6.26. The third-order valence-corrected chi connectivity index (χ3v) is 8.81. The van der Waals surface area contributed by atoms with Gasteiger partial charge in [-0.05, 0) is 85.7 Å². The summed E-state index contributed by atoms with van der Waals surface area (Å²) in [7, 11) is -0.780. The zero-order chi connectivity index (χ0) is 35.3. The second-order valence-corrected chi connectivity index (χ2v) is 13.5. The number of hydrogen-bond acceptors (Lipinski definition) is 7. The van der Waals surface area contributed by atoms with E-state index in [1.165, 1.54) is 104 Å². The number of aromatic nitrogens is 1. The summed E-state index contributed by atoms with van der Waals surface area (Å²) in [5, 5.41) is 10.2. The van der Waals surface area contributed by atoms with Crippen LogP contribution >= 0.6 is 0 Å². The molecule has 1 atom stereocenters. The lowest BCUT2D eigenvalue weighted by molar-refractivity contribution is -0.143. The van der Waals surface area contributed by atoms with Gasteiger partial charge in [-0.2, -0.15) is 0 Å². The minimum atomic E-state index is -3.49. The van der Waals surface area contributed by atoms with Crippen molar-refractivity contribution < 1.29 is 41.4 Å². The van der Waals surface area contributed by atoms with Crippen molar-refractivity contribution >= 4 is 39.3 Å². The average Bonchev–Trinajstić information content (AvgIpc) is 3.38. The summed E-state index contributed by atoms with van der Waals surface area (Å²) in [6.45, 7) is 3.67. The molecule has 0 aliphatic heterocycles. The summed E-state index contributed by atoms with van der Waals surface area (Å²) in [6, 6.07) is 16.5. The summed E-state index contributed by atoms with van der Waals surface area (Å²) in [6.07, 6.45) is 1.79. The number of amides is 1. The number of ether oxygens (including phenoxy) is 1. The lowest BCUT2D eigenvalue weighted by Crippen LogP contribution is -2.29. The van der Waals surface area contributed by atoms with Crippen LogP contribution in [0.5, 0.6) is 0 Å². The molecule has 4 rings (SSSR count). The molecule has 0 radical (unpaired) electrons. The molecule has 1 aromatic heterocycles. The molecule has 0 fully saturated rings. The minimum absolute atomic E-state index is 0.0806. The van der Waals surface area contributed by atoms with Gasteiger partial charge in [0.1, 0.15) is 17.3 Å². The van der Waals surface area contributed by atoms with Gasteiger partial charge < -0.3 is 19.3 Å². The van der Waals surface area contributed by atoms with E-state index >= 15 is 0 Å². The Hall–Kier alpha value is -4.94. The number of ketones is 1. The fourth-order valence-electron chi connectivity index (χ4n) is 5.34. The number of methoxy groups -OCH3 is 1. The van der Waals surface area contributed by atoms with Crippen molar-refractivity contribution in [2.75, 3.05) is 25.3 Å². The van der Waals surface area contributed by atoms with E-state index in [1.807, 2.05) is 13.8 Å². The number of hydrogen-bond donors (Lipinski definition) is 1. The van der Waals surface area contributed by atoms with Crippen LogP contribution in [-0.2, 0) is 24.2 Å². The van der Waals surface area contributed by atoms with Gasteiger partial charge in [0.15, 0.2) is 15.6 Å². The molecule has 0 spiro atoms. The molecule has 1 N–H and O–H groups in total. The lowest BCUT2D eigenvalue weighted by Gasteiger charge is -2.22. The molecule has 0 saturated carbocycles. The van der Waals surface area contributed by atoms with Gasteiger partial charge in [-0.3, -0.25) is 14.4 Å². The molecule has 12 heteroatoms. The highest BCUT2D eigenvalue weighted by molar-refractivity contribution is 7.90. The maximum Gasteiger partial charge on any atom is 0.308 e. The van der Waals surface area contributed by atoms with Gasteiger partial charge in [0.05, 0.1) is 30.2 Å². The first-order valence-electron chi connectivity index (χ1n) is 15.0. The van der Waals surface area contributed by atoms with Gasteiger partial charge in [-0.1, -0.05) is 24.3 Å². The summed E-state index contributed by atoms with van der Waals surface area (Å²) in [4.78, 5) is 40.6. The highest BCUT2D eigenvalue weighted by atomic mass is 32.2. The molecular formula is C36H36F2N2O7S. The Morgan fingerprint density at radius 3 is 1.88 bits per heavy atom. The summed E-state index contributed by atoms with van der Waals surface area (Å²) in [5.74, 6) is -2.68. The SMILES string of the molecule is COC(=O)C[C@H](O)CC(=O)C=Cc1c(-c2ccc(F)cc2)c(-c2ccc(F)cc2)c(C(=O)N(C)c2ccc(S(C)(=O)=O)cc2)n1C(C)C. The second kappa shape index (κ2) is 14.9. The van der Waals surface area contributed by atoms with E-state index in [-0.39, 0.29) is 23.4 Å². The van der Waals surface area contributed by atoms with Crippen LogP contribution in [0.25, 0.3) is 28.3 Å². The molecule has 3 aromatic carbocycles. The molecule has 1 amide bonds. The van der Waals surface area contributed by atoms with Gasteiger partial charge in [-0.15, -0.1) is 0 Å². The van der Waals surface area contributed by atoms with Crippen LogP contribution in [-0.4, -0.2) is 62.3 Å². The largest absolute Gasteiger partial charge is 0.469 e. The third kappa shape index (κ3) is 8.12. The number of halogens is 2. The number of allylic oxidation sites excluding steroid dienone is 1. The number of esters is 1. The number of benzene rings is 3. The zero-order valence-corrected chi connectivity index (χ0v) is 27.9. The number of anilines is 1. The molecule has 4 aromatic rings. The second-order valence-electron chi connectivity index (χ2n) is 11.5. The third-order valence-electron chi connectivity index (χ3n) is 7.68. The van der Waals surface area contributed by atoms with Crippen molar-refractivity contribution in [1.82, 2.24) is 4.57 Å². The first-order valence-corrected chi connectivity index (χ1v) is 16.9. The van der Waals surface area contributed by atoms with Gasteiger partial charge in [-0.25, -0.2) is 17.2 Å². The number of sulfone groups is 1. The fraction of sp³-hybridized carbons (Fsp3) is 0.250. The highest BCUT2D eigenvalue weighted by Crippen LogP contribution is 2.43. The molecule has 0 aliphatic carbocycles. The summed E-state index contributed by atoms with van der Waals surface area (Å²) >= 11 is 0. The van der Waals surface area contributed by atoms with Crippen LogP contribution in [0, 0.1) is 11.6 Å². The van der Waals surface area contributed by atoms with Crippen LogP contribution in [0.4, 0.5) is 14.5 Å². The van der Waals surface area contributed by atoms with Crippen molar-refractivity contribution in [3.63, 3.8) is 0 Å². The quantitative estimate of drug-likeness (QED) is 0.139. The van der Waals surface area contributed by atoms with Crippen LogP contribution in [0.3, 0.4) is 0 Å². The van der Waals surface area contributed by atoms with Crippen molar-refractivity contribution in [2.24, 2.45) is 0 Å². The Morgan fingerprint density at radius 2 is 1.40 bits per heavy atom. The van der Waals surface area contributed by atoms with Crippen LogP contribution in [0.1, 0.15) is 48.9 Å². The molecule has 252 valence electrons. The van der Waals surface area contributed by atoms with Crippen molar-refractivity contribution in [3.05, 3.63) is 102 Å². The van der Waals surface area contributed by atoms with Gasteiger partial charge in [0.2, 0.25) is 0 Å². The molecule has 0 aliphatic rings. The highest BCUT2D eigenvalue weighted by Gasteiger charge is 2.31. The first-order chi connectivity index (χ1) is 22.6. The van der Waals surface area contributed by atoms with Gasteiger partial charge >= 0.3 is 5.97 Å². The van der Waals surface area contributed by atoms with Crippen LogP contribution in [0.2, 0.25) is 0 Å². The maximum absolute atomic E-state index is 14.6. The number of aliphatic hydroxyl groups excluding tert-OH is 1. The Kier molecular flexibility index (Phi) is 11.1. The van der Waals surface area contributed by atoms with Crippen molar-refractivity contribution in [2.45, 2.75) is 43.7 Å². The van der Waals surface area contributed by atoms with E-state index in [9.17, 15) is 36.7 Å². The van der Waals surface area contributed by atoms with E-state index in [0.717, 1.165) is 6.26 Å². The van der Waals surface area contributed by atoms with E-state index in [2.05, 4.69) is 4.74 Å². The molecule has 0 bridgehead atoms. The topological polar surface area (TPSA) is 123 Å². The number of carbonyl (C=O) groups excluding carboxylic acids is 3. The normalized spacial score (nSPS) is 12.4. The van der Waals surface area contributed by atoms with Crippen molar-refractivity contribution in [3.8, 4) is 22.3 Å². The predicted molar refractivity (Wildman–Crippen MR) is 179 cm³/mol.